The molecule has 0 saturated heterocycles. The van der Waals surface area contributed by atoms with Crippen LogP contribution in [0.3, 0.4) is 0 Å². The molecule has 0 bridgehead atoms. The second-order valence-corrected chi connectivity index (χ2v) is 6.11. The van der Waals surface area contributed by atoms with Crippen LogP contribution in [0, 0.1) is 0 Å². The van der Waals surface area contributed by atoms with Gasteiger partial charge in [0.2, 0.25) is 0 Å². The highest BCUT2D eigenvalue weighted by atomic mass is 16.5. The molecule has 3 aromatic carbocycles. The van der Waals surface area contributed by atoms with E-state index in [1.165, 1.54) is 12.1 Å². The summed E-state index contributed by atoms with van der Waals surface area (Å²) in [5.41, 5.74) is 2.82. The van der Waals surface area contributed by atoms with Gasteiger partial charge >= 0.3 is 5.97 Å². The summed E-state index contributed by atoms with van der Waals surface area (Å²) in [5.74, 6) is -1.12. The Bertz CT molecular complexity index is 1210. The number of esters is 1. The lowest BCUT2D eigenvalue weighted by Crippen LogP contribution is -2.03. The van der Waals surface area contributed by atoms with Crippen LogP contribution in [-0.4, -0.2) is 27.5 Å². The van der Waals surface area contributed by atoms with Crippen molar-refractivity contribution in [2.75, 3.05) is 0 Å². The first kappa shape index (κ1) is 14.5. The number of fused-ring (bicyclic) bond motifs is 4. The Morgan fingerprint density at radius 1 is 0.962 bits per heavy atom. The molecule has 0 aliphatic carbocycles. The molecule has 0 fully saturated rings. The van der Waals surface area contributed by atoms with E-state index in [2.05, 4.69) is 4.99 Å². The first-order valence-corrected chi connectivity index (χ1v) is 7.86. The summed E-state index contributed by atoms with van der Waals surface area (Å²) in [6, 6.07) is 11.2. The van der Waals surface area contributed by atoms with Gasteiger partial charge in [0.1, 0.15) is 23.0 Å². The molecule has 3 N–H and O–H groups in total. The average molecular weight is 345 g/mol. The molecule has 0 radical (unpaired) electrons. The molecule has 5 rings (SSSR count). The van der Waals surface area contributed by atoms with Gasteiger partial charge in [-0.05, 0) is 12.1 Å². The molecular weight excluding hydrogens is 334 g/mol. The van der Waals surface area contributed by atoms with E-state index in [-0.39, 0.29) is 34.0 Å². The molecule has 2 aliphatic heterocycles. The summed E-state index contributed by atoms with van der Waals surface area (Å²) in [6.07, 6.45) is 1.59. The van der Waals surface area contributed by atoms with Crippen molar-refractivity contribution in [1.82, 2.24) is 0 Å². The summed E-state index contributed by atoms with van der Waals surface area (Å²) in [4.78, 5) is 16.9. The van der Waals surface area contributed by atoms with E-state index in [1.54, 1.807) is 6.21 Å². The molecule has 0 atom stereocenters. The number of allylic oxidation sites excluding steroid dienone is 1. The molecule has 26 heavy (non-hydrogen) atoms. The second-order valence-electron chi connectivity index (χ2n) is 6.11. The Morgan fingerprint density at radius 3 is 2.58 bits per heavy atom. The van der Waals surface area contributed by atoms with Crippen LogP contribution >= 0.6 is 0 Å². The first-order chi connectivity index (χ1) is 12.5. The number of rotatable bonds is 0. The van der Waals surface area contributed by atoms with Crippen LogP contribution in [0.5, 0.6) is 23.0 Å². The highest BCUT2D eigenvalue weighted by Crippen LogP contribution is 2.50. The Kier molecular flexibility index (Phi) is 2.72. The highest BCUT2D eigenvalue weighted by Gasteiger charge is 2.35. The second kappa shape index (κ2) is 4.86. The fourth-order valence-corrected chi connectivity index (χ4v) is 3.53. The molecule has 0 amide bonds. The minimum Gasteiger partial charge on any atom is -0.508 e. The summed E-state index contributed by atoms with van der Waals surface area (Å²) >= 11 is 0. The number of ether oxygens (including phenoxy) is 1. The van der Waals surface area contributed by atoms with E-state index in [0.29, 0.717) is 16.5 Å². The Morgan fingerprint density at radius 2 is 1.73 bits per heavy atom. The number of hydrogen-bond acceptors (Lipinski definition) is 6. The Labute approximate surface area is 146 Å². The number of aromatic hydroxyl groups is 3. The standard InChI is InChI=1S/C20H11NO5/c22-9-5-11-17(14(23)6-9)15(24)7-16-18(11)19(20(25)26-16)12-8-21-13-4-2-1-3-10(12)13/h1-8,22-24H/b19-12+. The van der Waals surface area contributed by atoms with Crippen LogP contribution in [0.15, 0.2) is 47.5 Å². The minimum absolute atomic E-state index is 0.140. The molecule has 0 spiro atoms. The van der Waals surface area contributed by atoms with Gasteiger partial charge in [-0.1, -0.05) is 18.2 Å². The number of hydrogen-bond donors (Lipinski definition) is 3. The maximum Gasteiger partial charge on any atom is 0.345 e. The molecule has 126 valence electrons. The maximum absolute atomic E-state index is 12.6. The first-order valence-electron chi connectivity index (χ1n) is 7.86. The lowest BCUT2D eigenvalue weighted by molar-refractivity contribution is -0.126. The molecular formula is C20H11NO5. The highest BCUT2D eigenvalue weighted by molar-refractivity contribution is 6.41. The fraction of sp³-hybridized carbons (Fsp3) is 0. The van der Waals surface area contributed by atoms with Crippen molar-refractivity contribution in [3.63, 3.8) is 0 Å². The van der Waals surface area contributed by atoms with Crippen LogP contribution in [-0.2, 0) is 4.79 Å². The van der Waals surface area contributed by atoms with Crippen LogP contribution in [0.2, 0.25) is 0 Å². The zero-order chi connectivity index (χ0) is 18.0. The van der Waals surface area contributed by atoms with Gasteiger partial charge in [-0.15, -0.1) is 0 Å². The molecule has 0 aromatic heterocycles. The lowest BCUT2D eigenvalue weighted by atomic mass is 9.92. The summed E-state index contributed by atoms with van der Waals surface area (Å²) in [7, 11) is 0. The van der Waals surface area contributed by atoms with Gasteiger partial charge in [0, 0.05) is 40.4 Å². The summed E-state index contributed by atoms with van der Waals surface area (Å²) in [5, 5.41) is 30.7. The smallest absolute Gasteiger partial charge is 0.345 e. The summed E-state index contributed by atoms with van der Waals surface area (Å²) < 4.78 is 5.33. The average Bonchev–Trinajstić information content (AvgIpc) is 3.14. The molecule has 0 unspecified atom stereocenters. The number of phenolic OH excluding ortho intramolecular Hbond substituents is 3. The molecule has 6 nitrogen and oxygen atoms in total. The third-order valence-electron chi connectivity index (χ3n) is 4.60. The Balaban J connectivity index is 1.93. The summed E-state index contributed by atoms with van der Waals surface area (Å²) in [6.45, 7) is 0. The van der Waals surface area contributed by atoms with Crippen LogP contribution in [0.1, 0.15) is 11.1 Å². The van der Waals surface area contributed by atoms with Crippen molar-refractivity contribution in [2.45, 2.75) is 0 Å². The van der Waals surface area contributed by atoms with Gasteiger partial charge in [0.25, 0.3) is 0 Å². The zero-order valence-electron chi connectivity index (χ0n) is 13.2. The van der Waals surface area contributed by atoms with Gasteiger partial charge < -0.3 is 20.1 Å². The number of aliphatic imine (C=N–C) groups is 1. The lowest BCUT2D eigenvalue weighted by Gasteiger charge is -2.10. The van der Waals surface area contributed by atoms with Crippen molar-refractivity contribution in [3.05, 3.63) is 53.6 Å². The number of carbonyl (C=O) groups excluding carboxylic acids is 1. The van der Waals surface area contributed by atoms with Crippen molar-refractivity contribution >= 4 is 39.8 Å². The molecule has 2 heterocycles. The third kappa shape index (κ3) is 1.81. The van der Waals surface area contributed by atoms with Crippen molar-refractivity contribution < 1.29 is 24.9 Å². The molecule has 2 aliphatic rings. The topological polar surface area (TPSA) is 99.4 Å². The predicted octanol–water partition coefficient (Wildman–Crippen LogP) is 3.50. The monoisotopic (exact) mass is 345 g/mol. The normalized spacial score (nSPS) is 17.5. The third-order valence-corrected chi connectivity index (χ3v) is 4.60. The maximum atomic E-state index is 12.6. The van der Waals surface area contributed by atoms with Gasteiger partial charge in [-0.3, -0.25) is 4.99 Å². The molecule has 6 heteroatoms. The van der Waals surface area contributed by atoms with E-state index < -0.39 is 5.97 Å². The van der Waals surface area contributed by atoms with Crippen LogP contribution in [0.4, 0.5) is 5.69 Å². The quantitative estimate of drug-likeness (QED) is 0.329. The number of carbonyl (C=O) groups is 1. The molecule has 3 aromatic rings. The van der Waals surface area contributed by atoms with E-state index in [0.717, 1.165) is 17.3 Å². The van der Waals surface area contributed by atoms with Crippen molar-refractivity contribution in [1.29, 1.82) is 0 Å². The van der Waals surface area contributed by atoms with Crippen LogP contribution in [0.25, 0.3) is 21.9 Å². The van der Waals surface area contributed by atoms with Gasteiger partial charge in [-0.25, -0.2) is 4.79 Å². The number of para-hydroxylation sites is 1. The van der Waals surface area contributed by atoms with E-state index >= 15 is 0 Å². The van der Waals surface area contributed by atoms with Crippen molar-refractivity contribution in [2.24, 2.45) is 4.99 Å². The largest absolute Gasteiger partial charge is 0.508 e. The zero-order valence-corrected chi connectivity index (χ0v) is 13.2. The predicted molar refractivity (Wildman–Crippen MR) is 96.0 cm³/mol. The van der Waals surface area contributed by atoms with Gasteiger partial charge in [0.05, 0.1) is 16.6 Å². The fourth-order valence-electron chi connectivity index (χ4n) is 3.53. The SMILES string of the molecule is O=C1Oc2cc(O)c3c(O)cc(O)cc3c2/C1=C1/C=Nc2ccccc21. The number of nitrogens with zero attached hydrogens (tertiary/aromatic N) is 1. The Hall–Kier alpha value is -3.80. The van der Waals surface area contributed by atoms with Gasteiger partial charge in [0.15, 0.2) is 0 Å². The van der Waals surface area contributed by atoms with E-state index in [4.69, 9.17) is 4.74 Å². The molecule has 0 saturated carbocycles. The number of benzene rings is 3. The van der Waals surface area contributed by atoms with Crippen molar-refractivity contribution in [3.8, 4) is 23.0 Å². The van der Waals surface area contributed by atoms with E-state index in [9.17, 15) is 20.1 Å². The van der Waals surface area contributed by atoms with Crippen LogP contribution < -0.4 is 4.74 Å². The minimum atomic E-state index is -0.576. The van der Waals surface area contributed by atoms with Gasteiger partial charge in [-0.2, -0.15) is 0 Å². The van der Waals surface area contributed by atoms with E-state index in [1.807, 2.05) is 24.3 Å². The number of phenols is 3.